The molecule has 0 saturated heterocycles. The van der Waals surface area contributed by atoms with E-state index in [4.69, 9.17) is 8.41 Å². The molecule has 8 heteroatoms. The quantitative estimate of drug-likeness (QED) is 0.447. The van der Waals surface area contributed by atoms with Gasteiger partial charge in [0.15, 0.2) is 0 Å². The van der Waals surface area contributed by atoms with Gasteiger partial charge in [-0.25, -0.2) is 0 Å². The van der Waals surface area contributed by atoms with Crippen molar-refractivity contribution in [3.63, 3.8) is 0 Å². The van der Waals surface area contributed by atoms with Gasteiger partial charge in [-0.3, -0.25) is 0 Å². The molecule has 0 heterocycles. The molecule has 0 rings (SSSR count). The molecule has 0 unspecified atom stereocenters. The van der Waals surface area contributed by atoms with Gasteiger partial charge in [0.05, 0.1) is 0 Å². The summed E-state index contributed by atoms with van der Waals surface area (Å²) in [4.78, 5) is 0. The Bertz CT molecular complexity index is 354. The van der Waals surface area contributed by atoms with E-state index in [1.807, 2.05) is 80.0 Å². The predicted molar refractivity (Wildman–Crippen MR) is 102 cm³/mol. The van der Waals surface area contributed by atoms with E-state index in [0.29, 0.717) is 0 Å². The van der Waals surface area contributed by atoms with Crippen molar-refractivity contribution in [1.29, 1.82) is 0 Å². The van der Waals surface area contributed by atoms with Crippen LogP contribution in [0.2, 0.25) is 0 Å². The molecule has 20 heavy (non-hydrogen) atoms. The number of rotatable bonds is 6. The van der Waals surface area contributed by atoms with Gasteiger partial charge in [0.2, 0.25) is 0 Å². The summed E-state index contributed by atoms with van der Waals surface area (Å²) < 4.78 is 31.7. The Labute approximate surface area is 131 Å². The molecule has 0 bridgehead atoms. The second-order valence-corrected chi connectivity index (χ2v) is 38.7. The van der Waals surface area contributed by atoms with Gasteiger partial charge < -0.3 is 0 Å². The van der Waals surface area contributed by atoms with Gasteiger partial charge >= 0.3 is 132 Å². The summed E-state index contributed by atoms with van der Waals surface area (Å²) in [7, 11) is 0. The molecule has 0 N–H and O–H groups in total. The van der Waals surface area contributed by atoms with Crippen LogP contribution in [-0.4, -0.2) is 100 Å². The first-order chi connectivity index (χ1) is 7.88. The van der Waals surface area contributed by atoms with Crippen LogP contribution < -0.4 is 0 Å². The topological polar surface area (TPSA) is 44.8 Å². The van der Waals surface area contributed by atoms with Gasteiger partial charge in [-0.15, -0.1) is 0 Å². The van der Waals surface area contributed by atoms with Crippen LogP contribution in [0.25, 0.3) is 0 Å². The summed E-state index contributed by atoms with van der Waals surface area (Å²) >= 11 is -4.70. The van der Waals surface area contributed by atoms with Crippen molar-refractivity contribution >= 4 is 40.5 Å². The van der Waals surface area contributed by atoms with Crippen molar-refractivity contribution in [3.8, 4) is 0 Å². The Balaban J connectivity index is 5.68. The zero-order chi connectivity index (χ0) is 17.0. The van der Waals surface area contributed by atoms with Gasteiger partial charge in [-0.2, -0.15) is 0 Å². The molecule has 0 aliphatic carbocycles. The SMILES string of the molecule is CP(C)(C)(C)[O][Sb](=[O])([O]P(C)(C)(C)C)[O]P(C)(C)(C)C. The minimum atomic E-state index is -4.70. The third kappa shape index (κ3) is 13.5. The summed E-state index contributed by atoms with van der Waals surface area (Å²) in [6, 6.07) is 0. The molecule has 0 aromatic carbocycles. The van der Waals surface area contributed by atoms with Gasteiger partial charge in [-0.1, -0.05) is 0 Å². The maximum atomic E-state index is 13.4. The Morgan fingerprint density at radius 3 is 0.750 bits per heavy atom. The van der Waals surface area contributed by atoms with E-state index in [0.717, 1.165) is 0 Å². The van der Waals surface area contributed by atoms with Crippen LogP contribution in [0.4, 0.5) is 0 Å². The van der Waals surface area contributed by atoms with Crippen LogP contribution in [0.3, 0.4) is 0 Å². The van der Waals surface area contributed by atoms with Gasteiger partial charge in [0.25, 0.3) is 0 Å². The van der Waals surface area contributed by atoms with Crippen LogP contribution in [0.15, 0.2) is 0 Å². The fraction of sp³-hybridized carbons (Fsp3) is 1.00. The first-order valence-corrected chi connectivity index (χ1v) is 22.6. The van der Waals surface area contributed by atoms with Gasteiger partial charge in [-0.05, 0) is 0 Å². The van der Waals surface area contributed by atoms with Crippen LogP contribution in [-0.2, 0) is 11.4 Å². The van der Waals surface area contributed by atoms with E-state index in [9.17, 15) is 3.02 Å². The molecule has 0 spiro atoms. The van der Waals surface area contributed by atoms with Crippen molar-refractivity contribution < 1.29 is 11.4 Å². The van der Waals surface area contributed by atoms with E-state index in [-0.39, 0.29) is 0 Å². The van der Waals surface area contributed by atoms with Crippen molar-refractivity contribution in [3.05, 3.63) is 0 Å². The molecule has 4 nitrogen and oxygen atoms in total. The fourth-order valence-corrected chi connectivity index (χ4v) is 26.8. The molecule has 0 amide bonds. The van der Waals surface area contributed by atoms with E-state index < -0.39 is 40.5 Å². The zero-order valence-corrected chi connectivity index (χ0v) is 20.7. The molecule has 0 aromatic heterocycles. The third-order valence-corrected chi connectivity index (χ3v) is 25.8. The Morgan fingerprint density at radius 1 is 0.500 bits per heavy atom. The molecular formula is C12H36O4P3Sb. The molecule has 0 aromatic rings. The number of hydrogen-bond donors (Lipinski definition) is 0. The molecule has 0 radical (unpaired) electrons. The average Bonchev–Trinajstić information content (AvgIpc) is 1.56. The molecular weight excluding hydrogens is 423 g/mol. The van der Waals surface area contributed by atoms with Crippen LogP contribution in [0, 0.1) is 0 Å². The first kappa shape index (κ1) is 21.8. The van der Waals surface area contributed by atoms with Gasteiger partial charge in [0, 0.05) is 0 Å². The molecule has 0 fully saturated rings. The van der Waals surface area contributed by atoms with E-state index in [1.165, 1.54) is 0 Å². The second-order valence-electron chi connectivity index (χ2n) is 10.9. The molecule has 0 atom stereocenters. The van der Waals surface area contributed by atoms with Gasteiger partial charge in [0.1, 0.15) is 0 Å². The summed E-state index contributed by atoms with van der Waals surface area (Å²) in [5.74, 6) is 0. The fourth-order valence-electron chi connectivity index (χ4n) is 1.24. The van der Waals surface area contributed by atoms with Crippen molar-refractivity contribution in [2.45, 2.75) is 0 Å². The first-order valence-electron chi connectivity index (χ1n) is 6.64. The summed E-state index contributed by atoms with van der Waals surface area (Å²) in [5, 5.41) is 0. The predicted octanol–water partition coefficient (Wildman–Crippen LogP) is 3.86. The van der Waals surface area contributed by atoms with E-state index in [1.54, 1.807) is 0 Å². The molecule has 0 aliphatic heterocycles. The van der Waals surface area contributed by atoms with Crippen molar-refractivity contribution in [2.75, 3.05) is 80.0 Å². The maximum absolute atomic E-state index is 13.4. The van der Waals surface area contributed by atoms with E-state index >= 15 is 0 Å². The molecule has 128 valence electrons. The number of hydrogen-bond acceptors (Lipinski definition) is 4. The Kier molecular flexibility index (Phi) is 5.33. The summed E-state index contributed by atoms with van der Waals surface area (Å²) in [6.45, 7) is 16.9. The summed E-state index contributed by atoms with van der Waals surface area (Å²) in [5.41, 5.74) is 0. The van der Waals surface area contributed by atoms with Crippen LogP contribution >= 0.6 is 20.5 Å². The standard InChI is InChI=1S/3C4H12OP.O.Sb/c3*1-6(2,3,4)5;;/h3*1-4H3;;/q3*-1;;+3. The van der Waals surface area contributed by atoms with Crippen molar-refractivity contribution in [2.24, 2.45) is 0 Å². The Morgan fingerprint density at radius 2 is 0.650 bits per heavy atom. The average molecular weight is 459 g/mol. The minimum absolute atomic E-state index is 2.02. The monoisotopic (exact) mass is 458 g/mol. The second kappa shape index (κ2) is 4.89. The van der Waals surface area contributed by atoms with E-state index in [2.05, 4.69) is 0 Å². The summed E-state index contributed by atoms with van der Waals surface area (Å²) in [6.07, 6.45) is 0. The molecule has 0 aliphatic rings. The Hall–Kier alpha value is 1.79. The van der Waals surface area contributed by atoms with Crippen LogP contribution in [0.1, 0.15) is 0 Å². The van der Waals surface area contributed by atoms with Crippen molar-refractivity contribution in [1.82, 2.24) is 0 Å². The zero-order valence-electron chi connectivity index (χ0n) is 15.4. The van der Waals surface area contributed by atoms with Crippen LogP contribution in [0.5, 0.6) is 0 Å². The molecule has 0 saturated carbocycles. The third-order valence-electron chi connectivity index (χ3n) is 1.28. The normalized spacial score (nSPS) is 23.5.